The van der Waals surface area contributed by atoms with Crippen LogP contribution in [0.25, 0.3) is 5.69 Å². The van der Waals surface area contributed by atoms with Gasteiger partial charge in [0.15, 0.2) is 5.70 Å². The molecule has 2 rings (SSSR count). The van der Waals surface area contributed by atoms with E-state index in [0.29, 0.717) is 0 Å². The van der Waals surface area contributed by atoms with Gasteiger partial charge < -0.3 is 5.73 Å². The van der Waals surface area contributed by atoms with E-state index in [9.17, 15) is 13.2 Å². The van der Waals surface area contributed by atoms with Gasteiger partial charge in [0, 0.05) is 0 Å². The van der Waals surface area contributed by atoms with E-state index in [-0.39, 0.29) is 37.4 Å². The van der Waals surface area contributed by atoms with E-state index in [2.05, 4.69) is 25.9 Å². The zero-order chi connectivity index (χ0) is 20.4. The molecule has 6 nitrogen and oxygen atoms in total. The molecule has 0 atom stereocenters. The molecule has 0 saturated carbocycles. The first-order valence-electron chi connectivity index (χ1n) is 6.73. The average Bonchev–Trinajstić information content (AvgIpc) is 2.94. The summed E-state index contributed by atoms with van der Waals surface area (Å²) in [5.41, 5.74) is 3.91. The summed E-state index contributed by atoms with van der Waals surface area (Å²) in [6.07, 6.45) is -2.21. The van der Waals surface area contributed by atoms with Gasteiger partial charge in [-0.2, -0.15) is 23.7 Å². The summed E-state index contributed by atoms with van der Waals surface area (Å²) in [5, 5.41) is 17.1. The van der Waals surface area contributed by atoms with Crippen molar-refractivity contribution in [1.82, 2.24) is 9.55 Å². The Bertz CT molecular complexity index is 1020. The molecule has 0 radical (unpaired) electrons. The van der Waals surface area contributed by atoms with Crippen LogP contribution in [0.1, 0.15) is 11.3 Å². The Balaban J connectivity index is 2.51. The monoisotopic (exact) mass is 476 g/mol. The Morgan fingerprint density at radius 2 is 1.85 bits per heavy atom. The van der Waals surface area contributed by atoms with Crippen molar-refractivity contribution in [2.75, 3.05) is 0 Å². The number of aromatic nitrogens is 2. The largest absolute Gasteiger partial charge is 0.416 e. The summed E-state index contributed by atoms with van der Waals surface area (Å²) < 4.78 is 40.1. The van der Waals surface area contributed by atoms with E-state index in [1.807, 2.05) is 0 Å². The Morgan fingerprint density at radius 3 is 2.33 bits per heavy atom. The highest BCUT2D eigenvalue weighted by Crippen LogP contribution is 2.38. The molecular formula is C15H6BrCl2F3N6. The van der Waals surface area contributed by atoms with E-state index < -0.39 is 11.7 Å². The normalized spacial score (nSPS) is 12.6. The second kappa shape index (κ2) is 8.01. The van der Waals surface area contributed by atoms with E-state index in [1.165, 1.54) is 10.9 Å². The van der Waals surface area contributed by atoms with Crippen LogP contribution >= 0.6 is 39.1 Å². The topological polar surface area (TPSA) is 104 Å². The van der Waals surface area contributed by atoms with Crippen molar-refractivity contribution in [2.24, 2.45) is 10.7 Å². The molecular weight excluding hydrogens is 472 g/mol. The number of allylic oxidation sites excluding steroid dienone is 2. The maximum absolute atomic E-state index is 12.8. The molecule has 0 fully saturated rings. The first-order chi connectivity index (χ1) is 12.6. The summed E-state index contributed by atoms with van der Waals surface area (Å²) >= 11 is 15.2. The summed E-state index contributed by atoms with van der Waals surface area (Å²) in [6.45, 7) is 0. The summed E-state index contributed by atoms with van der Waals surface area (Å²) in [5.74, 6) is 0. The highest BCUT2D eigenvalue weighted by Gasteiger charge is 2.32. The molecule has 1 aromatic heterocycles. The van der Waals surface area contributed by atoms with Gasteiger partial charge in [0.05, 0.1) is 27.5 Å². The lowest BCUT2D eigenvalue weighted by molar-refractivity contribution is -0.137. The summed E-state index contributed by atoms with van der Waals surface area (Å²) in [6, 6.07) is 4.73. The zero-order valence-electron chi connectivity index (χ0n) is 12.9. The Kier molecular flexibility index (Phi) is 6.16. The minimum atomic E-state index is -4.60. The third-order valence-electron chi connectivity index (χ3n) is 3.12. The molecule has 0 aliphatic heterocycles. The molecule has 0 aliphatic rings. The molecule has 2 N–H and O–H groups in total. The quantitative estimate of drug-likeness (QED) is 0.515. The molecule has 0 saturated heterocycles. The van der Waals surface area contributed by atoms with E-state index in [4.69, 9.17) is 39.5 Å². The van der Waals surface area contributed by atoms with Crippen LogP contribution in [0.3, 0.4) is 0 Å². The number of aliphatic imine (C=N–C) groups is 1. The fraction of sp³-hybridized carbons (Fsp3) is 0.0667. The maximum Gasteiger partial charge on any atom is 0.416 e. The molecule has 0 aliphatic carbocycles. The van der Waals surface area contributed by atoms with Crippen LogP contribution in [-0.4, -0.2) is 15.8 Å². The number of imidazole rings is 1. The summed E-state index contributed by atoms with van der Waals surface area (Å²) in [4.78, 5) is 7.78. The van der Waals surface area contributed by atoms with Gasteiger partial charge in [-0.3, -0.25) is 4.57 Å². The molecule has 0 amide bonds. The Labute approximate surface area is 169 Å². The maximum atomic E-state index is 12.8. The molecule has 138 valence electrons. The van der Waals surface area contributed by atoms with Crippen LogP contribution in [0.2, 0.25) is 10.0 Å². The van der Waals surface area contributed by atoms with Crippen molar-refractivity contribution < 1.29 is 13.2 Å². The third kappa shape index (κ3) is 4.42. The minimum Gasteiger partial charge on any atom is -0.388 e. The van der Waals surface area contributed by atoms with Gasteiger partial charge in [-0.25, -0.2) is 9.98 Å². The number of halogens is 6. The predicted molar refractivity (Wildman–Crippen MR) is 96.3 cm³/mol. The molecule has 12 heteroatoms. The standard InChI is InChI=1S/C15H6BrCl2F3N6/c16-14-12(5-25-11(4-23)10(24)3-22)26-6-27(14)13-8(17)1-7(2-9(13)18)15(19,20)21/h1-2,5-6H,24H2/b11-10-,25-5?. The number of nitrogens with zero attached hydrogens (tertiary/aromatic N) is 5. The molecule has 27 heavy (non-hydrogen) atoms. The van der Waals surface area contributed by atoms with E-state index in [0.717, 1.165) is 18.3 Å². The second-order valence-corrected chi connectivity index (χ2v) is 6.39. The molecule has 0 bridgehead atoms. The van der Waals surface area contributed by atoms with Gasteiger partial charge in [-0.1, -0.05) is 23.2 Å². The van der Waals surface area contributed by atoms with Crippen LogP contribution in [0.4, 0.5) is 13.2 Å². The molecule has 1 aromatic carbocycles. The van der Waals surface area contributed by atoms with Crippen molar-refractivity contribution in [3.8, 4) is 17.8 Å². The van der Waals surface area contributed by atoms with Crippen molar-refractivity contribution in [2.45, 2.75) is 6.18 Å². The minimum absolute atomic E-state index is 0.0675. The number of benzene rings is 1. The number of rotatable bonds is 3. The van der Waals surface area contributed by atoms with Crippen LogP contribution < -0.4 is 5.73 Å². The highest BCUT2D eigenvalue weighted by atomic mass is 79.9. The number of hydrogen-bond donors (Lipinski definition) is 1. The summed E-state index contributed by atoms with van der Waals surface area (Å²) in [7, 11) is 0. The first-order valence-corrected chi connectivity index (χ1v) is 8.28. The number of alkyl halides is 3. The van der Waals surface area contributed by atoms with Crippen LogP contribution in [-0.2, 0) is 6.18 Å². The average molecular weight is 478 g/mol. The van der Waals surface area contributed by atoms with Crippen LogP contribution in [0.5, 0.6) is 0 Å². The van der Waals surface area contributed by atoms with Gasteiger partial charge in [0.25, 0.3) is 0 Å². The lowest BCUT2D eigenvalue weighted by Gasteiger charge is -2.13. The molecule has 2 aromatic rings. The van der Waals surface area contributed by atoms with Crippen molar-refractivity contribution in [3.05, 3.63) is 55.8 Å². The molecule has 0 unspecified atom stereocenters. The van der Waals surface area contributed by atoms with E-state index >= 15 is 0 Å². The first kappa shape index (κ1) is 20.8. The fourth-order valence-corrected chi connectivity index (χ4v) is 3.03. The Hall–Kier alpha value is -2.53. The lowest BCUT2D eigenvalue weighted by atomic mass is 10.2. The van der Waals surface area contributed by atoms with Crippen molar-refractivity contribution in [1.29, 1.82) is 10.5 Å². The van der Waals surface area contributed by atoms with Gasteiger partial charge in [-0.15, -0.1) is 0 Å². The smallest absolute Gasteiger partial charge is 0.388 e. The van der Waals surface area contributed by atoms with E-state index in [1.54, 1.807) is 12.1 Å². The predicted octanol–water partition coefficient (Wildman–Crippen LogP) is 4.60. The molecule has 1 heterocycles. The SMILES string of the molecule is N#C/C(N)=C(\C#N)N=Cc1ncn(-c2c(Cl)cc(C(F)(F)F)cc2Cl)c1Br. The number of nitrogens with two attached hydrogens (primary N) is 1. The van der Waals surface area contributed by atoms with Gasteiger partial charge in [0.1, 0.15) is 34.5 Å². The highest BCUT2D eigenvalue weighted by molar-refractivity contribution is 9.10. The number of nitriles is 2. The zero-order valence-corrected chi connectivity index (χ0v) is 16.0. The lowest BCUT2D eigenvalue weighted by Crippen LogP contribution is -2.06. The number of hydrogen-bond acceptors (Lipinski definition) is 5. The van der Waals surface area contributed by atoms with Gasteiger partial charge in [-0.05, 0) is 28.1 Å². The third-order valence-corrected chi connectivity index (χ3v) is 4.48. The second-order valence-electron chi connectivity index (χ2n) is 4.82. The Morgan fingerprint density at radius 1 is 1.26 bits per heavy atom. The van der Waals surface area contributed by atoms with Gasteiger partial charge >= 0.3 is 6.18 Å². The van der Waals surface area contributed by atoms with Crippen molar-refractivity contribution >= 4 is 45.3 Å². The molecule has 0 spiro atoms. The van der Waals surface area contributed by atoms with Crippen molar-refractivity contribution in [3.63, 3.8) is 0 Å². The van der Waals surface area contributed by atoms with Gasteiger partial charge in [0.2, 0.25) is 0 Å². The van der Waals surface area contributed by atoms with Crippen LogP contribution in [0.15, 0.2) is 39.4 Å². The van der Waals surface area contributed by atoms with Crippen LogP contribution in [0, 0.1) is 22.7 Å². The fourth-order valence-electron chi connectivity index (χ4n) is 1.89.